The minimum absolute atomic E-state index is 0.00761. The Kier molecular flexibility index (Phi) is 20.1. The number of cyclic esters (lactones) is 1. The van der Waals surface area contributed by atoms with E-state index in [0.717, 1.165) is 16.7 Å². The lowest BCUT2D eigenvalue weighted by molar-refractivity contribution is -0.172. The second-order valence-electron chi connectivity index (χ2n) is 21.0. The molecule has 5 atom stereocenters. The van der Waals surface area contributed by atoms with Crippen LogP contribution in [0.15, 0.2) is 47.3 Å². The van der Waals surface area contributed by atoms with Gasteiger partial charge in [-0.3, -0.25) is 52.8 Å². The maximum absolute atomic E-state index is 15.4. The van der Waals surface area contributed by atoms with Crippen LogP contribution in [0.4, 0.5) is 4.39 Å². The average Bonchev–Trinajstić information content (AvgIpc) is 1.73. The summed E-state index contributed by atoms with van der Waals surface area (Å²) in [6, 6.07) is 8.47. The molecule has 0 spiro atoms. The van der Waals surface area contributed by atoms with Gasteiger partial charge in [0.25, 0.3) is 5.56 Å². The number of nitrogens with one attached hydrogen (secondary N) is 7. The van der Waals surface area contributed by atoms with Crippen LogP contribution in [0.3, 0.4) is 0 Å². The van der Waals surface area contributed by atoms with Crippen molar-refractivity contribution in [2.45, 2.75) is 121 Å². The third kappa shape index (κ3) is 14.5. The summed E-state index contributed by atoms with van der Waals surface area (Å²) < 4.78 is 27.6. The van der Waals surface area contributed by atoms with Gasteiger partial charge in [-0.05, 0) is 67.3 Å². The van der Waals surface area contributed by atoms with E-state index in [0.29, 0.717) is 82.2 Å². The number of carboxylic acids is 1. The van der Waals surface area contributed by atoms with Crippen LogP contribution in [-0.4, -0.2) is 152 Å². The van der Waals surface area contributed by atoms with Crippen molar-refractivity contribution in [3.8, 4) is 11.4 Å². The van der Waals surface area contributed by atoms with Crippen LogP contribution in [0.5, 0.6) is 0 Å². The highest BCUT2D eigenvalue weighted by molar-refractivity contribution is 8.00. The Labute approximate surface area is 489 Å². The number of carbonyl (C=O) groups excluding carboxylic acids is 10. The summed E-state index contributed by atoms with van der Waals surface area (Å²) >= 11 is 0.979. The lowest BCUT2D eigenvalue weighted by Gasteiger charge is -2.31. The predicted octanol–water partition coefficient (Wildman–Crippen LogP) is -0.193. The topological polar surface area (TPSA) is 369 Å². The number of rotatable bonds is 27. The molecular weight excluding hydrogens is 1130 g/mol. The number of hydrogen-bond donors (Lipinski definition) is 9. The van der Waals surface area contributed by atoms with Crippen molar-refractivity contribution >= 4 is 87.8 Å². The number of unbranched alkanes of at least 4 members (excludes halogenated alkanes) is 2. The first kappa shape index (κ1) is 62.4. The summed E-state index contributed by atoms with van der Waals surface area (Å²) in [5.74, 6) is -8.03. The summed E-state index contributed by atoms with van der Waals surface area (Å²) in [4.78, 5) is 159. The van der Waals surface area contributed by atoms with E-state index in [1.165, 1.54) is 17.6 Å². The van der Waals surface area contributed by atoms with Gasteiger partial charge in [0.2, 0.25) is 53.2 Å². The summed E-state index contributed by atoms with van der Waals surface area (Å²) in [6.07, 6.45) is 1.83. The molecule has 2 aromatic heterocycles. The molecule has 4 aromatic rings. The Morgan fingerprint density at radius 3 is 2.32 bits per heavy atom. The lowest BCUT2D eigenvalue weighted by Crippen LogP contribution is -2.52. The van der Waals surface area contributed by atoms with Crippen molar-refractivity contribution < 1.29 is 76.8 Å². The SMILES string of the molecule is CCC1(O)C(=O)OCc2c1cc1n(c2=O)Cc2c-1nc1cc(F)c(C)c3c1c2[C@@H](NC(=O)COCNC(=O)CNC(=O)[C@H](Cc1ccccc1)NC(=O)CNC(=O)CNC(=O)CCCCCN1C(=O)CC(SC[C@H](NC(C)=O)C(=O)O)C1=O)CC3. The van der Waals surface area contributed by atoms with Gasteiger partial charge in [0.1, 0.15) is 37.8 Å². The molecule has 2 aromatic carbocycles. The van der Waals surface area contributed by atoms with Gasteiger partial charge in [0.15, 0.2) is 5.60 Å². The first-order chi connectivity index (χ1) is 40.6. The summed E-state index contributed by atoms with van der Waals surface area (Å²) in [7, 11) is 0. The number of ether oxygens (including phenoxy) is 2. The van der Waals surface area contributed by atoms with Gasteiger partial charge >= 0.3 is 11.9 Å². The Bertz CT molecular complexity index is 3430. The zero-order valence-corrected chi connectivity index (χ0v) is 47.6. The standard InChI is InChI=1S/C57H65FN10O16S/c1-4-57(82)35-18-41-51-33(24-68(41)53(77)34(35)25-84-56(57)81)50-37(15-14-32-29(2)36(58)19-38(66-51)49(32)50)64-47(74)26-83-28-62-45(72)22-61-52(76)39(17-31-11-7-5-8-12-31)65-46(73)23-60-44(71)21-59-43(70)13-9-6-10-16-67-48(75)20-42(54(67)78)85-27-40(55(79)80)63-30(3)69/h5,7-8,11-12,18-19,37,39-40,42,82H,4,6,9-10,13-17,20-28H2,1-3H3,(H,59,70)(H,60,71)(H,61,76)(H,62,72)(H,63,69)(H,64,74)(H,65,73)(H,79,80)/t37-,39-,40-,42?,57?/m0/s1. The molecule has 0 saturated carbocycles. The number of fused-ring (bicyclic) bond motifs is 5. The number of aromatic nitrogens is 2. The quantitative estimate of drug-likeness (QED) is 0.0142. The lowest BCUT2D eigenvalue weighted by atomic mass is 9.81. The third-order valence-corrected chi connectivity index (χ3v) is 16.5. The number of nitrogens with zero attached hydrogens (tertiary/aromatic N) is 3. The van der Waals surface area contributed by atoms with E-state index in [-0.39, 0.29) is 62.3 Å². The second kappa shape index (κ2) is 27.4. The normalized spacial score (nSPS) is 18.0. The van der Waals surface area contributed by atoms with Crippen molar-refractivity contribution in [3.05, 3.63) is 97.6 Å². The number of esters is 1. The maximum atomic E-state index is 15.4. The molecular formula is C57H65FN10O16S. The number of benzene rings is 2. The van der Waals surface area contributed by atoms with Crippen LogP contribution < -0.4 is 42.8 Å². The van der Waals surface area contributed by atoms with Crippen LogP contribution in [0, 0.1) is 12.7 Å². The monoisotopic (exact) mass is 1200 g/mol. The number of halogens is 1. The molecule has 2 unspecified atom stereocenters. The maximum Gasteiger partial charge on any atom is 0.343 e. The number of likely N-dealkylation sites (tertiary alicyclic amines) is 1. The van der Waals surface area contributed by atoms with E-state index < -0.39 is 138 Å². The van der Waals surface area contributed by atoms with Crippen molar-refractivity contribution in [1.29, 1.82) is 0 Å². The largest absolute Gasteiger partial charge is 0.480 e. The van der Waals surface area contributed by atoms with Gasteiger partial charge < -0.3 is 61.5 Å². The molecule has 9 amide bonds. The van der Waals surface area contributed by atoms with Gasteiger partial charge in [-0.15, -0.1) is 11.8 Å². The highest BCUT2D eigenvalue weighted by Crippen LogP contribution is 2.46. The average molecular weight is 1200 g/mol. The highest BCUT2D eigenvalue weighted by atomic mass is 32.2. The fourth-order valence-electron chi connectivity index (χ4n) is 10.8. The Morgan fingerprint density at radius 1 is 0.871 bits per heavy atom. The number of thioether (sulfide) groups is 1. The van der Waals surface area contributed by atoms with Crippen LogP contribution in [0.1, 0.15) is 104 Å². The van der Waals surface area contributed by atoms with E-state index in [9.17, 15) is 67.7 Å². The summed E-state index contributed by atoms with van der Waals surface area (Å²) in [5.41, 5.74) is 1.70. The van der Waals surface area contributed by atoms with E-state index in [2.05, 4.69) is 37.2 Å². The molecule has 3 aliphatic heterocycles. The van der Waals surface area contributed by atoms with Gasteiger partial charge in [-0.25, -0.2) is 19.0 Å². The predicted molar refractivity (Wildman–Crippen MR) is 300 cm³/mol. The molecule has 0 bridgehead atoms. The molecule has 9 N–H and O–H groups in total. The molecule has 1 saturated heterocycles. The van der Waals surface area contributed by atoms with Gasteiger partial charge in [-0.1, -0.05) is 43.7 Å². The van der Waals surface area contributed by atoms with E-state index >= 15 is 4.39 Å². The van der Waals surface area contributed by atoms with Gasteiger partial charge in [-0.2, -0.15) is 0 Å². The molecule has 1 aliphatic carbocycles. The Morgan fingerprint density at radius 2 is 1.59 bits per heavy atom. The van der Waals surface area contributed by atoms with Crippen molar-refractivity contribution in [1.82, 2.24) is 51.7 Å². The fraction of sp³-hybridized carbons (Fsp3) is 0.456. The number of pyridine rings is 2. The number of aliphatic hydroxyl groups is 1. The van der Waals surface area contributed by atoms with Crippen LogP contribution >= 0.6 is 11.8 Å². The molecule has 1 fully saturated rings. The minimum Gasteiger partial charge on any atom is -0.480 e. The number of aryl methyl sites for hydroxylation is 1. The van der Waals surface area contributed by atoms with Crippen LogP contribution in [0.25, 0.3) is 22.3 Å². The van der Waals surface area contributed by atoms with Crippen molar-refractivity contribution in [2.75, 3.05) is 45.3 Å². The Balaban J connectivity index is 0.759. The van der Waals surface area contributed by atoms with Crippen molar-refractivity contribution in [3.63, 3.8) is 0 Å². The number of aliphatic carboxylic acids is 1. The van der Waals surface area contributed by atoms with Gasteiger partial charge in [0, 0.05) is 61.1 Å². The molecule has 5 heterocycles. The van der Waals surface area contributed by atoms with Crippen LogP contribution in [0.2, 0.25) is 0 Å². The highest BCUT2D eigenvalue weighted by Gasteiger charge is 2.46. The molecule has 0 radical (unpaired) electrons. The minimum atomic E-state index is -2.06. The van der Waals surface area contributed by atoms with Crippen molar-refractivity contribution in [2.24, 2.45) is 0 Å². The van der Waals surface area contributed by atoms with Crippen LogP contribution in [-0.2, 0) is 93.8 Å². The first-order valence-corrected chi connectivity index (χ1v) is 28.7. The molecule has 4 aliphatic rings. The third-order valence-electron chi connectivity index (χ3n) is 15.2. The molecule has 452 valence electrons. The zero-order chi connectivity index (χ0) is 61.3. The number of carboxylic acid groups (broad SMARTS) is 1. The first-order valence-electron chi connectivity index (χ1n) is 27.6. The fourth-order valence-corrected chi connectivity index (χ4v) is 11.9. The summed E-state index contributed by atoms with van der Waals surface area (Å²) in [5, 5.41) is 38.1. The van der Waals surface area contributed by atoms with Gasteiger partial charge in [0.05, 0.1) is 59.9 Å². The molecule has 28 heteroatoms. The number of amides is 9. The second-order valence-corrected chi connectivity index (χ2v) is 22.2. The Hall–Kier alpha value is -8.63. The summed E-state index contributed by atoms with van der Waals surface area (Å²) in [6.45, 7) is 1.72. The number of imide groups is 1. The number of carbonyl (C=O) groups is 11. The zero-order valence-electron chi connectivity index (χ0n) is 46.8. The van der Waals surface area contributed by atoms with E-state index in [1.54, 1.807) is 50.2 Å². The number of hydrogen-bond acceptors (Lipinski definition) is 17. The molecule has 85 heavy (non-hydrogen) atoms. The molecule has 8 rings (SSSR count). The molecule has 26 nitrogen and oxygen atoms in total. The smallest absolute Gasteiger partial charge is 0.343 e. The van der Waals surface area contributed by atoms with E-state index in [4.69, 9.17) is 14.5 Å². The van der Waals surface area contributed by atoms with E-state index in [1.807, 2.05) is 0 Å².